The van der Waals surface area contributed by atoms with Crippen LogP contribution in [-0.4, -0.2) is 0 Å². The summed E-state index contributed by atoms with van der Waals surface area (Å²) in [7, 11) is 0. The molecule has 0 N–H and O–H groups in total. The average Bonchev–Trinajstić information content (AvgIpc) is 3.34. The van der Waals surface area contributed by atoms with Gasteiger partial charge in [0.25, 0.3) is 0 Å². The highest BCUT2D eigenvalue weighted by atomic mass is 14.5. The van der Waals surface area contributed by atoms with Gasteiger partial charge in [-0.15, -0.1) is 0 Å². The first-order valence-electron chi connectivity index (χ1n) is 17.2. The van der Waals surface area contributed by atoms with Crippen molar-refractivity contribution < 1.29 is 0 Å². The van der Waals surface area contributed by atoms with Gasteiger partial charge in [0.15, 0.2) is 0 Å². The molecule has 4 aromatic rings. The van der Waals surface area contributed by atoms with E-state index < -0.39 is 111 Å². The van der Waals surface area contributed by atoms with Crippen molar-refractivity contribution in [3.8, 4) is 97.1 Å². The number of allylic oxidation sites excluding steroid dienone is 8. The highest BCUT2D eigenvalue weighted by Crippen LogP contribution is 2.58. The molecule has 280 valence electrons. The second-order valence-electron chi connectivity index (χ2n) is 12.6. The molecule has 0 heterocycles. The van der Waals surface area contributed by atoms with Crippen molar-refractivity contribution in [2.45, 2.75) is 0 Å². The van der Waals surface area contributed by atoms with Crippen LogP contribution in [0.2, 0.25) is 0 Å². The molecule has 0 amide bonds. The molecule has 0 spiro atoms. The molecule has 0 aliphatic heterocycles. The lowest BCUT2D eigenvalue weighted by Gasteiger charge is -2.36. The third-order valence-electron chi connectivity index (χ3n) is 9.48. The van der Waals surface area contributed by atoms with Gasteiger partial charge in [0.1, 0.15) is 24.3 Å². The Kier molecular flexibility index (Phi) is 12.0. The van der Waals surface area contributed by atoms with Gasteiger partial charge in [-0.2, -0.15) is 84.2 Å². The predicted octanol–water partition coefficient (Wildman–Crippen LogP) is 6.37. The molecule has 16 nitrogen and oxygen atoms in total. The quantitative estimate of drug-likeness (QED) is 0.202. The molecule has 64 heavy (non-hydrogen) atoms. The normalized spacial score (nSPS) is 10.1. The first kappa shape index (κ1) is 42.8. The highest BCUT2D eigenvalue weighted by molar-refractivity contribution is 6.14. The summed E-state index contributed by atoms with van der Waals surface area (Å²) in [5.74, 6) is 0. The Morgan fingerprint density at radius 2 is 0.359 bits per heavy atom. The molecule has 1 aliphatic rings. The van der Waals surface area contributed by atoms with Gasteiger partial charge >= 0.3 is 0 Å². The fraction of sp³-hybridized carbons (Fsp3) is 0. The Bertz CT molecular complexity index is 3130. The number of hydrogen-bond donors (Lipinski definition) is 0. The third-order valence-corrected chi connectivity index (χ3v) is 9.48. The van der Waals surface area contributed by atoms with E-state index in [1.54, 1.807) is 72.8 Å². The summed E-state index contributed by atoms with van der Waals surface area (Å²) < 4.78 is 0. The van der Waals surface area contributed by atoms with E-state index in [-0.39, 0.29) is 22.3 Å². The Hall–Kier alpha value is -12.3. The van der Waals surface area contributed by atoms with Gasteiger partial charge in [0.2, 0.25) is 0 Å². The van der Waals surface area contributed by atoms with E-state index in [2.05, 4.69) is 0 Å². The van der Waals surface area contributed by atoms with E-state index in [4.69, 9.17) is 0 Å². The molecule has 1 fully saturated rings. The van der Waals surface area contributed by atoms with Crippen LogP contribution in [0.5, 0.6) is 0 Å². The molecule has 0 saturated heterocycles. The minimum Gasteiger partial charge on any atom is -0.192 e. The zero-order chi connectivity index (χ0) is 46.8. The average molecular weight is 809 g/mol. The number of benzene rings is 4. The fourth-order valence-electron chi connectivity index (χ4n) is 6.99. The standard InChI is InChI=1S/C48H8N16/c49-9-25-1-29(13-53)41(30(2-25)14-54)37(21-61)45-46(38(22-62)42-31(15-55)3-26(10-50)4-32(42)16-56)48(40(24-64)44-35(19-59)7-28(12-52)8-36(44)20-60)47(45)39(23-63)43-33(17-57)5-27(11-51)6-34(43)18-58/h1-8H. The van der Waals surface area contributed by atoms with Crippen LogP contribution >= 0.6 is 0 Å². The first-order valence-corrected chi connectivity index (χ1v) is 17.2. The first-order chi connectivity index (χ1) is 31.0. The smallest absolute Gasteiger partial charge is 0.101 e. The monoisotopic (exact) mass is 808 g/mol. The lowest BCUT2D eigenvalue weighted by molar-refractivity contribution is 1.23. The van der Waals surface area contributed by atoms with Crippen LogP contribution in [0.4, 0.5) is 0 Å². The van der Waals surface area contributed by atoms with Crippen molar-refractivity contribution >= 4 is 22.3 Å². The molecule has 1 aliphatic carbocycles. The fourth-order valence-corrected chi connectivity index (χ4v) is 6.99. The van der Waals surface area contributed by atoms with Crippen LogP contribution in [0, 0.1) is 181 Å². The SMILES string of the molecule is N#CC(=C1C(=C(C#N)c2c(C#N)cc(C#N)cc2C#N)C(=C(C#N)c2c(C#N)cc(C#N)cc2C#N)C1=C(C#N)c1c(C#N)cc(C#N)cc1C#N)c1c(C#N)cc(C#N)cc1C#N. The summed E-state index contributed by atoms with van der Waals surface area (Å²) in [5.41, 5.74) is -11.7. The predicted molar refractivity (Wildman–Crippen MR) is 212 cm³/mol. The van der Waals surface area contributed by atoms with Crippen LogP contribution in [-0.2, 0) is 0 Å². The van der Waals surface area contributed by atoms with E-state index in [0.717, 1.165) is 48.5 Å². The molecule has 16 heteroatoms. The number of nitrogens with zero attached hydrogens (tertiary/aromatic N) is 16. The van der Waals surface area contributed by atoms with Gasteiger partial charge in [0, 0.05) is 44.5 Å². The van der Waals surface area contributed by atoms with Crippen molar-refractivity contribution in [1.82, 2.24) is 0 Å². The van der Waals surface area contributed by atoms with Gasteiger partial charge < -0.3 is 0 Å². The zero-order valence-corrected chi connectivity index (χ0v) is 31.8. The lowest BCUT2D eigenvalue weighted by atomic mass is 9.63. The molecule has 0 bridgehead atoms. The summed E-state index contributed by atoms with van der Waals surface area (Å²) in [6.45, 7) is 0. The van der Waals surface area contributed by atoms with Crippen molar-refractivity contribution in [2.75, 3.05) is 0 Å². The molecule has 1 saturated carbocycles. The summed E-state index contributed by atoms with van der Waals surface area (Å²) in [6.07, 6.45) is 0. The van der Waals surface area contributed by atoms with Gasteiger partial charge in [-0.25, -0.2) is 0 Å². The largest absolute Gasteiger partial charge is 0.192 e. The molecule has 0 unspecified atom stereocenters. The topological polar surface area (TPSA) is 381 Å². The second kappa shape index (κ2) is 17.9. The highest BCUT2D eigenvalue weighted by Gasteiger charge is 2.44. The van der Waals surface area contributed by atoms with E-state index in [9.17, 15) is 84.2 Å². The maximum Gasteiger partial charge on any atom is 0.101 e. The van der Waals surface area contributed by atoms with Crippen molar-refractivity contribution in [3.05, 3.63) is 160 Å². The van der Waals surface area contributed by atoms with Crippen molar-refractivity contribution in [1.29, 1.82) is 84.2 Å². The minimum atomic E-state index is -0.707. The molecular formula is C48H8N16. The van der Waals surface area contributed by atoms with Gasteiger partial charge in [0.05, 0.1) is 162 Å². The van der Waals surface area contributed by atoms with Crippen molar-refractivity contribution in [3.63, 3.8) is 0 Å². The van der Waals surface area contributed by atoms with Crippen LogP contribution in [0.15, 0.2) is 70.8 Å². The van der Waals surface area contributed by atoms with Gasteiger partial charge in [-0.3, -0.25) is 0 Å². The van der Waals surface area contributed by atoms with E-state index in [1.165, 1.54) is 0 Å². The van der Waals surface area contributed by atoms with Gasteiger partial charge in [-0.05, 0) is 48.5 Å². The van der Waals surface area contributed by atoms with E-state index in [0.29, 0.717) is 0 Å². The Morgan fingerprint density at radius 1 is 0.219 bits per heavy atom. The van der Waals surface area contributed by atoms with E-state index >= 15 is 0 Å². The minimum absolute atomic E-state index is 0.208. The lowest BCUT2D eigenvalue weighted by Crippen LogP contribution is -2.22. The summed E-state index contributed by atoms with van der Waals surface area (Å²) in [6, 6.07) is 37.3. The molecule has 0 aromatic heterocycles. The summed E-state index contributed by atoms with van der Waals surface area (Å²) in [5, 5.41) is 166. The maximum atomic E-state index is 11.1. The Labute approximate surface area is 362 Å². The Morgan fingerprint density at radius 3 is 0.453 bits per heavy atom. The molecule has 4 aromatic carbocycles. The zero-order valence-electron chi connectivity index (χ0n) is 31.8. The number of rotatable bonds is 4. The van der Waals surface area contributed by atoms with Crippen molar-refractivity contribution in [2.24, 2.45) is 0 Å². The van der Waals surface area contributed by atoms with Crippen LogP contribution in [0.25, 0.3) is 22.3 Å². The summed E-state index contributed by atoms with van der Waals surface area (Å²) in [4.78, 5) is 0. The molecule has 0 radical (unpaired) electrons. The van der Waals surface area contributed by atoms with Crippen LogP contribution in [0.3, 0.4) is 0 Å². The van der Waals surface area contributed by atoms with Crippen LogP contribution in [0.1, 0.15) is 89.0 Å². The molecule has 0 atom stereocenters. The number of hydrogen-bond acceptors (Lipinski definition) is 16. The maximum absolute atomic E-state index is 11.1. The molecular weight excluding hydrogens is 801 g/mol. The third kappa shape index (κ3) is 6.79. The van der Waals surface area contributed by atoms with Crippen LogP contribution < -0.4 is 0 Å². The molecule has 5 rings (SSSR count). The Balaban J connectivity index is 2.37. The summed E-state index contributed by atoms with van der Waals surface area (Å²) >= 11 is 0. The number of nitriles is 16. The second-order valence-corrected chi connectivity index (χ2v) is 12.6. The van der Waals surface area contributed by atoms with E-state index in [1.807, 2.05) is 24.3 Å². The van der Waals surface area contributed by atoms with Gasteiger partial charge in [-0.1, -0.05) is 0 Å².